The van der Waals surface area contributed by atoms with E-state index in [2.05, 4.69) is 17.1 Å². The Bertz CT molecular complexity index is 431. The molecule has 1 aromatic heterocycles. The number of piperidine rings is 1. The first-order chi connectivity index (χ1) is 9.08. The van der Waals surface area contributed by atoms with Gasteiger partial charge in [0.25, 0.3) is 5.91 Å². The van der Waals surface area contributed by atoms with Crippen molar-refractivity contribution in [3.63, 3.8) is 0 Å². The summed E-state index contributed by atoms with van der Waals surface area (Å²) in [7, 11) is 0. The molecule has 6 nitrogen and oxygen atoms in total. The average Bonchev–Trinajstić information content (AvgIpc) is 2.85. The second kappa shape index (κ2) is 6.04. The monoisotopic (exact) mass is 267 g/mol. The van der Waals surface area contributed by atoms with E-state index in [9.17, 15) is 4.79 Å². The number of hydrogen-bond donors (Lipinski definition) is 0. The van der Waals surface area contributed by atoms with Gasteiger partial charge in [-0.15, -0.1) is 0 Å². The van der Waals surface area contributed by atoms with E-state index in [1.165, 1.54) is 6.42 Å². The van der Waals surface area contributed by atoms with E-state index in [0.717, 1.165) is 19.4 Å². The van der Waals surface area contributed by atoms with E-state index >= 15 is 0 Å². The molecule has 1 aromatic rings. The quantitative estimate of drug-likeness (QED) is 0.834. The fourth-order valence-electron chi connectivity index (χ4n) is 2.19. The van der Waals surface area contributed by atoms with E-state index in [0.29, 0.717) is 11.9 Å². The summed E-state index contributed by atoms with van der Waals surface area (Å²) in [5.41, 5.74) is 0. The van der Waals surface area contributed by atoms with Gasteiger partial charge in [0.2, 0.25) is 0 Å². The van der Waals surface area contributed by atoms with Crippen LogP contribution in [0, 0.1) is 0 Å². The summed E-state index contributed by atoms with van der Waals surface area (Å²) < 4.78 is 10.2. The number of ether oxygens (including phenoxy) is 1. The Morgan fingerprint density at radius 2 is 2.32 bits per heavy atom. The lowest BCUT2D eigenvalue weighted by atomic mass is 10.0. The van der Waals surface area contributed by atoms with Gasteiger partial charge in [-0.25, -0.2) is 0 Å². The molecule has 0 saturated carbocycles. The van der Waals surface area contributed by atoms with Gasteiger partial charge in [-0.1, -0.05) is 19.0 Å². The van der Waals surface area contributed by atoms with Crippen LogP contribution < -0.4 is 4.74 Å². The highest BCUT2D eigenvalue weighted by molar-refractivity contribution is 5.78. The Hall–Kier alpha value is -1.59. The predicted molar refractivity (Wildman–Crippen MR) is 68.9 cm³/mol. The standard InChI is InChI=1S/C13H21N3O3/c1-9(2)12-14-13(19-15-12)18-8-11(17)16-7-5-4-6-10(16)3/h9-10H,4-8H2,1-3H3/t10-/m1/s1. The molecule has 19 heavy (non-hydrogen) atoms. The van der Waals surface area contributed by atoms with Crippen LogP contribution in [0.3, 0.4) is 0 Å². The Morgan fingerprint density at radius 1 is 1.53 bits per heavy atom. The van der Waals surface area contributed by atoms with E-state index in [-0.39, 0.29) is 24.5 Å². The smallest absolute Gasteiger partial charge is 0.417 e. The molecule has 0 N–H and O–H groups in total. The molecule has 0 aliphatic carbocycles. The Kier molecular flexibility index (Phi) is 4.39. The lowest BCUT2D eigenvalue weighted by molar-refractivity contribution is -0.137. The number of hydrogen-bond acceptors (Lipinski definition) is 5. The lowest BCUT2D eigenvalue weighted by Crippen LogP contribution is -2.44. The first-order valence-electron chi connectivity index (χ1n) is 6.84. The lowest BCUT2D eigenvalue weighted by Gasteiger charge is -2.33. The number of nitrogens with zero attached hydrogens (tertiary/aromatic N) is 3. The number of likely N-dealkylation sites (tertiary alicyclic amines) is 1. The molecule has 0 bridgehead atoms. The van der Waals surface area contributed by atoms with Gasteiger partial charge in [-0.3, -0.25) is 9.32 Å². The molecular formula is C13H21N3O3. The first-order valence-corrected chi connectivity index (χ1v) is 6.84. The van der Waals surface area contributed by atoms with Crippen LogP contribution in [-0.2, 0) is 4.79 Å². The third-order valence-corrected chi connectivity index (χ3v) is 3.38. The predicted octanol–water partition coefficient (Wildman–Crippen LogP) is 1.97. The average molecular weight is 267 g/mol. The van der Waals surface area contributed by atoms with Gasteiger partial charge in [0, 0.05) is 18.5 Å². The summed E-state index contributed by atoms with van der Waals surface area (Å²) in [6.45, 7) is 6.78. The van der Waals surface area contributed by atoms with E-state index in [1.807, 2.05) is 18.7 Å². The van der Waals surface area contributed by atoms with Gasteiger partial charge in [0.05, 0.1) is 0 Å². The van der Waals surface area contributed by atoms with Gasteiger partial charge in [-0.2, -0.15) is 4.98 Å². The van der Waals surface area contributed by atoms with Crippen molar-refractivity contribution in [2.75, 3.05) is 13.2 Å². The molecule has 106 valence electrons. The van der Waals surface area contributed by atoms with Crippen LogP contribution in [0.4, 0.5) is 0 Å². The third-order valence-electron chi connectivity index (χ3n) is 3.38. The van der Waals surface area contributed by atoms with Gasteiger partial charge in [0.1, 0.15) is 0 Å². The highest BCUT2D eigenvalue weighted by Crippen LogP contribution is 2.17. The van der Waals surface area contributed by atoms with Crippen molar-refractivity contribution in [3.8, 4) is 6.08 Å². The van der Waals surface area contributed by atoms with Crippen molar-refractivity contribution in [3.05, 3.63) is 5.82 Å². The minimum atomic E-state index is -0.0376. The van der Waals surface area contributed by atoms with E-state index < -0.39 is 0 Å². The maximum atomic E-state index is 12.0. The summed E-state index contributed by atoms with van der Waals surface area (Å²) in [5, 5.41) is 3.79. The van der Waals surface area contributed by atoms with E-state index in [4.69, 9.17) is 9.26 Å². The summed E-state index contributed by atoms with van der Waals surface area (Å²) in [4.78, 5) is 18.0. The molecule has 1 saturated heterocycles. The van der Waals surface area contributed by atoms with Crippen molar-refractivity contribution in [2.24, 2.45) is 0 Å². The molecule has 1 aliphatic heterocycles. The van der Waals surface area contributed by atoms with Crippen molar-refractivity contribution >= 4 is 5.91 Å². The third kappa shape index (κ3) is 3.45. The minimum Gasteiger partial charge on any atom is -0.439 e. The SMILES string of the molecule is CC(C)c1noc(OCC(=O)N2CCCC[C@H]2C)n1. The summed E-state index contributed by atoms with van der Waals surface area (Å²) in [6.07, 6.45) is 3.38. The fraction of sp³-hybridized carbons (Fsp3) is 0.769. The molecule has 2 heterocycles. The minimum absolute atomic E-state index is 0.0171. The number of carbonyl (C=O) groups excluding carboxylic acids is 1. The van der Waals surface area contributed by atoms with Gasteiger partial charge in [0.15, 0.2) is 12.4 Å². The molecule has 2 rings (SSSR count). The Morgan fingerprint density at radius 3 is 2.95 bits per heavy atom. The van der Waals surface area contributed by atoms with Crippen LogP contribution in [-0.4, -0.2) is 40.1 Å². The number of carbonyl (C=O) groups is 1. The highest BCUT2D eigenvalue weighted by atomic mass is 16.6. The zero-order chi connectivity index (χ0) is 13.8. The molecule has 0 unspecified atom stereocenters. The Balaban J connectivity index is 1.85. The van der Waals surface area contributed by atoms with E-state index in [1.54, 1.807) is 0 Å². The molecule has 1 fully saturated rings. The van der Waals surface area contributed by atoms with Gasteiger partial charge in [-0.05, 0) is 26.2 Å². The highest BCUT2D eigenvalue weighted by Gasteiger charge is 2.24. The second-order valence-electron chi connectivity index (χ2n) is 5.29. The van der Waals surface area contributed by atoms with Crippen molar-refractivity contribution < 1.29 is 14.1 Å². The summed E-state index contributed by atoms with van der Waals surface area (Å²) in [6, 6.07) is 0.291. The first kappa shape index (κ1) is 13.8. The summed E-state index contributed by atoms with van der Waals surface area (Å²) >= 11 is 0. The Labute approximate surface area is 113 Å². The van der Waals surface area contributed by atoms with Crippen LogP contribution in [0.15, 0.2) is 4.52 Å². The van der Waals surface area contributed by atoms with Crippen LogP contribution in [0.1, 0.15) is 51.8 Å². The maximum absolute atomic E-state index is 12.0. The normalized spacial score (nSPS) is 19.8. The van der Waals surface area contributed by atoms with Crippen molar-refractivity contribution in [1.29, 1.82) is 0 Å². The maximum Gasteiger partial charge on any atom is 0.417 e. The zero-order valence-electron chi connectivity index (χ0n) is 11.8. The molecular weight excluding hydrogens is 246 g/mol. The topological polar surface area (TPSA) is 68.5 Å². The molecule has 1 atom stereocenters. The zero-order valence-corrected chi connectivity index (χ0v) is 11.8. The fourth-order valence-corrected chi connectivity index (χ4v) is 2.19. The largest absolute Gasteiger partial charge is 0.439 e. The summed E-state index contributed by atoms with van der Waals surface area (Å²) in [5.74, 6) is 0.754. The van der Waals surface area contributed by atoms with Crippen molar-refractivity contribution in [1.82, 2.24) is 15.0 Å². The molecule has 6 heteroatoms. The van der Waals surface area contributed by atoms with Gasteiger partial charge < -0.3 is 9.64 Å². The molecule has 0 aromatic carbocycles. The number of amides is 1. The van der Waals surface area contributed by atoms with Crippen LogP contribution >= 0.6 is 0 Å². The molecule has 1 aliphatic rings. The van der Waals surface area contributed by atoms with Crippen LogP contribution in [0.2, 0.25) is 0 Å². The van der Waals surface area contributed by atoms with Crippen LogP contribution in [0.5, 0.6) is 6.08 Å². The number of rotatable bonds is 4. The molecule has 0 spiro atoms. The van der Waals surface area contributed by atoms with Gasteiger partial charge >= 0.3 is 6.08 Å². The van der Waals surface area contributed by atoms with Crippen molar-refractivity contribution in [2.45, 2.75) is 52.0 Å². The number of aromatic nitrogens is 2. The second-order valence-corrected chi connectivity index (χ2v) is 5.29. The molecule has 0 radical (unpaired) electrons. The van der Waals surface area contributed by atoms with Crippen LogP contribution in [0.25, 0.3) is 0 Å². The molecule has 1 amide bonds.